The summed E-state index contributed by atoms with van der Waals surface area (Å²) in [5.41, 5.74) is 1.52. The number of carbonyl (C=O) groups excluding carboxylic acids is 2. The van der Waals surface area contributed by atoms with Crippen LogP contribution in [-0.2, 0) is 0 Å². The van der Waals surface area contributed by atoms with E-state index in [9.17, 15) is 9.59 Å². The van der Waals surface area contributed by atoms with Crippen molar-refractivity contribution in [1.29, 1.82) is 0 Å². The number of rotatable bonds is 2. The quantitative estimate of drug-likeness (QED) is 0.794. The summed E-state index contributed by atoms with van der Waals surface area (Å²) in [5, 5.41) is 0.459. The average molecular weight is 287 g/mol. The summed E-state index contributed by atoms with van der Waals surface area (Å²) in [7, 11) is 1.57. The number of methoxy groups -OCH3 is 1. The smallest absolute Gasteiger partial charge is 0.178 e. The number of ketones is 2. The molecule has 0 saturated carbocycles. The van der Waals surface area contributed by atoms with E-state index in [1.807, 2.05) is 0 Å². The fraction of sp³-hybridized carbons (Fsp3) is 0.125. The molecule has 0 spiro atoms. The van der Waals surface area contributed by atoms with Gasteiger partial charge in [-0.15, -0.1) is 0 Å². The van der Waals surface area contributed by atoms with E-state index in [4.69, 9.17) is 16.3 Å². The van der Waals surface area contributed by atoms with E-state index in [-0.39, 0.29) is 11.6 Å². The first-order valence-corrected chi connectivity index (χ1v) is 6.51. The van der Waals surface area contributed by atoms with Gasteiger partial charge in [0, 0.05) is 16.1 Å². The van der Waals surface area contributed by atoms with Gasteiger partial charge >= 0.3 is 0 Å². The largest absolute Gasteiger partial charge is 0.497 e. The Bertz CT molecular complexity index is 704. The minimum Gasteiger partial charge on any atom is -0.497 e. The summed E-state index contributed by atoms with van der Waals surface area (Å²) in [6.07, 6.45) is 0. The number of halogens is 1. The molecule has 2 aromatic carbocycles. The van der Waals surface area contributed by atoms with Gasteiger partial charge in [0.15, 0.2) is 11.6 Å². The van der Waals surface area contributed by atoms with Crippen LogP contribution in [0.4, 0.5) is 0 Å². The van der Waals surface area contributed by atoms with E-state index >= 15 is 0 Å². The molecule has 1 atom stereocenters. The highest BCUT2D eigenvalue weighted by molar-refractivity contribution is 6.34. The van der Waals surface area contributed by atoms with E-state index in [0.29, 0.717) is 27.5 Å². The van der Waals surface area contributed by atoms with Crippen LogP contribution in [-0.4, -0.2) is 18.7 Å². The zero-order valence-electron chi connectivity index (χ0n) is 10.7. The minimum absolute atomic E-state index is 0.174. The van der Waals surface area contributed by atoms with Crippen LogP contribution in [0.2, 0.25) is 5.02 Å². The fourth-order valence-corrected chi connectivity index (χ4v) is 2.64. The predicted molar refractivity (Wildman–Crippen MR) is 75.8 cm³/mol. The molecular weight excluding hydrogens is 276 g/mol. The van der Waals surface area contributed by atoms with Gasteiger partial charge in [-0.25, -0.2) is 0 Å². The Hall–Kier alpha value is -2.13. The zero-order chi connectivity index (χ0) is 14.3. The van der Waals surface area contributed by atoms with Gasteiger partial charge in [0.1, 0.15) is 11.7 Å². The van der Waals surface area contributed by atoms with Crippen LogP contribution in [0.1, 0.15) is 32.2 Å². The van der Waals surface area contributed by atoms with E-state index in [1.165, 1.54) is 0 Å². The van der Waals surface area contributed by atoms with Crippen LogP contribution in [0.15, 0.2) is 42.5 Å². The highest BCUT2D eigenvalue weighted by Gasteiger charge is 2.39. The topological polar surface area (TPSA) is 43.4 Å². The molecule has 3 nitrogen and oxygen atoms in total. The summed E-state index contributed by atoms with van der Waals surface area (Å²) < 4.78 is 5.08. The SMILES string of the molecule is COc1ccc(C2C(=O)c3ccc(Cl)cc3C2=O)cc1. The van der Waals surface area contributed by atoms with Crippen LogP contribution < -0.4 is 4.74 Å². The number of hydrogen-bond donors (Lipinski definition) is 0. The number of Topliss-reactive ketones (excluding diaryl/α,β-unsaturated/α-hetero) is 2. The monoisotopic (exact) mass is 286 g/mol. The first-order valence-electron chi connectivity index (χ1n) is 6.14. The molecule has 1 unspecified atom stereocenters. The second-order valence-corrected chi connectivity index (χ2v) is 5.06. The summed E-state index contributed by atoms with van der Waals surface area (Å²) in [5.74, 6) is -0.453. The maximum absolute atomic E-state index is 12.4. The van der Waals surface area contributed by atoms with Crippen LogP contribution in [0.5, 0.6) is 5.75 Å². The average Bonchev–Trinajstić information content (AvgIpc) is 2.71. The lowest BCUT2D eigenvalue weighted by molar-refractivity contribution is 0.0890. The molecule has 0 radical (unpaired) electrons. The normalized spacial score (nSPS) is 17.2. The van der Waals surface area contributed by atoms with Crippen molar-refractivity contribution in [3.63, 3.8) is 0 Å². The Morgan fingerprint density at radius 2 is 1.60 bits per heavy atom. The Kier molecular flexibility index (Phi) is 3.07. The molecule has 2 aromatic rings. The van der Waals surface area contributed by atoms with Gasteiger partial charge < -0.3 is 4.74 Å². The third-order valence-electron chi connectivity index (χ3n) is 3.49. The number of hydrogen-bond acceptors (Lipinski definition) is 3. The second-order valence-electron chi connectivity index (χ2n) is 4.62. The molecule has 4 heteroatoms. The van der Waals surface area contributed by atoms with Crippen LogP contribution >= 0.6 is 11.6 Å². The lowest BCUT2D eigenvalue weighted by Crippen LogP contribution is -2.12. The molecule has 1 aliphatic rings. The molecule has 20 heavy (non-hydrogen) atoms. The predicted octanol–water partition coefficient (Wildman–Crippen LogP) is 3.51. The summed E-state index contributed by atoms with van der Waals surface area (Å²) >= 11 is 5.89. The Balaban J connectivity index is 2.04. The summed E-state index contributed by atoms with van der Waals surface area (Å²) in [6.45, 7) is 0. The summed E-state index contributed by atoms with van der Waals surface area (Å²) in [6, 6.07) is 11.8. The van der Waals surface area contributed by atoms with Gasteiger partial charge in [-0.1, -0.05) is 23.7 Å². The Labute approximate surface area is 121 Å². The highest BCUT2D eigenvalue weighted by atomic mass is 35.5. The number of carbonyl (C=O) groups is 2. The van der Waals surface area contributed by atoms with Crippen molar-refractivity contribution in [2.24, 2.45) is 0 Å². The van der Waals surface area contributed by atoms with E-state index < -0.39 is 5.92 Å². The standard InChI is InChI=1S/C16H11ClO3/c1-20-11-5-2-9(3-6-11)14-15(18)12-7-4-10(17)8-13(12)16(14)19/h2-8,14H,1H3. The molecule has 0 heterocycles. The molecule has 0 fully saturated rings. The van der Waals surface area contributed by atoms with Crippen LogP contribution in [0.25, 0.3) is 0 Å². The highest BCUT2D eigenvalue weighted by Crippen LogP contribution is 2.35. The molecule has 0 saturated heterocycles. The molecule has 0 amide bonds. The molecule has 0 aromatic heterocycles. The van der Waals surface area contributed by atoms with Gasteiger partial charge in [0.25, 0.3) is 0 Å². The first kappa shape index (κ1) is 12.9. The first-order chi connectivity index (χ1) is 9.61. The summed E-state index contributed by atoms with van der Waals surface area (Å²) in [4.78, 5) is 24.8. The molecular formula is C16H11ClO3. The van der Waals surface area contributed by atoms with E-state index in [2.05, 4.69) is 0 Å². The minimum atomic E-state index is -0.769. The van der Waals surface area contributed by atoms with Gasteiger partial charge in [0.05, 0.1) is 7.11 Å². The maximum Gasteiger partial charge on any atom is 0.178 e. The fourth-order valence-electron chi connectivity index (χ4n) is 2.46. The lowest BCUT2D eigenvalue weighted by atomic mass is 9.94. The van der Waals surface area contributed by atoms with E-state index in [0.717, 1.165) is 0 Å². The van der Waals surface area contributed by atoms with Crippen molar-refractivity contribution in [3.8, 4) is 5.75 Å². The molecule has 100 valence electrons. The van der Waals surface area contributed by atoms with Crippen molar-refractivity contribution in [2.45, 2.75) is 5.92 Å². The maximum atomic E-state index is 12.4. The molecule has 0 bridgehead atoms. The lowest BCUT2D eigenvalue weighted by Gasteiger charge is -2.08. The number of fused-ring (bicyclic) bond motifs is 1. The molecule has 0 N–H and O–H groups in total. The van der Waals surface area contributed by atoms with Crippen LogP contribution in [0.3, 0.4) is 0 Å². The van der Waals surface area contributed by atoms with Crippen molar-refractivity contribution in [2.75, 3.05) is 7.11 Å². The Morgan fingerprint density at radius 1 is 0.950 bits per heavy atom. The van der Waals surface area contributed by atoms with Gasteiger partial charge in [-0.05, 0) is 35.9 Å². The zero-order valence-corrected chi connectivity index (χ0v) is 11.5. The Morgan fingerprint density at radius 3 is 2.25 bits per heavy atom. The van der Waals surface area contributed by atoms with Crippen molar-refractivity contribution >= 4 is 23.2 Å². The molecule has 1 aliphatic carbocycles. The van der Waals surface area contributed by atoms with E-state index in [1.54, 1.807) is 49.6 Å². The van der Waals surface area contributed by atoms with Gasteiger partial charge in [-0.3, -0.25) is 9.59 Å². The number of ether oxygens (including phenoxy) is 1. The van der Waals surface area contributed by atoms with Gasteiger partial charge in [-0.2, -0.15) is 0 Å². The van der Waals surface area contributed by atoms with Crippen molar-refractivity contribution < 1.29 is 14.3 Å². The molecule has 3 rings (SSSR count). The molecule has 0 aliphatic heterocycles. The third kappa shape index (κ3) is 1.91. The third-order valence-corrected chi connectivity index (χ3v) is 3.72. The van der Waals surface area contributed by atoms with Crippen molar-refractivity contribution in [3.05, 3.63) is 64.2 Å². The van der Waals surface area contributed by atoms with Crippen LogP contribution in [0, 0.1) is 0 Å². The van der Waals surface area contributed by atoms with Gasteiger partial charge in [0.2, 0.25) is 0 Å². The second kappa shape index (κ2) is 4.76. The number of benzene rings is 2. The van der Waals surface area contributed by atoms with Crippen molar-refractivity contribution in [1.82, 2.24) is 0 Å².